The maximum absolute atomic E-state index is 12.1. The number of hydrogen-bond acceptors (Lipinski definition) is 2. The molecule has 1 fully saturated rings. The number of anilines is 1. The number of halogens is 2. The van der Waals surface area contributed by atoms with E-state index in [1.165, 1.54) is 0 Å². The van der Waals surface area contributed by atoms with Gasteiger partial charge in [-0.1, -0.05) is 23.2 Å². The second-order valence-corrected chi connectivity index (χ2v) is 5.56. The number of rotatable bonds is 2. The van der Waals surface area contributed by atoms with E-state index in [1.54, 1.807) is 18.2 Å². The van der Waals surface area contributed by atoms with E-state index in [4.69, 9.17) is 23.2 Å². The van der Waals surface area contributed by atoms with Crippen LogP contribution in [0, 0.1) is 5.92 Å². The molecule has 1 atom stereocenters. The van der Waals surface area contributed by atoms with Gasteiger partial charge in [0.15, 0.2) is 0 Å². The highest BCUT2D eigenvalue weighted by Crippen LogP contribution is 2.26. The van der Waals surface area contributed by atoms with Gasteiger partial charge in [-0.2, -0.15) is 0 Å². The number of carbonyl (C=O) groups is 1. The quantitative estimate of drug-likeness (QED) is 0.905. The Kier molecular flexibility index (Phi) is 4.49. The summed E-state index contributed by atoms with van der Waals surface area (Å²) in [7, 11) is 2.04. The van der Waals surface area contributed by atoms with Crippen molar-refractivity contribution in [2.75, 3.05) is 25.5 Å². The predicted octanol–water partition coefficient (Wildman–Crippen LogP) is 3.27. The van der Waals surface area contributed by atoms with Crippen molar-refractivity contribution in [1.29, 1.82) is 0 Å². The fourth-order valence-electron chi connectivity index (χ4n) is 2.21. The summed E-state index contributed by atoms with van der Waals surface area (Å²) >= 11 is 11.8. The minimum absolute atomic E-state index is 0.0331. The lowest BCUT2D eigenvalue weighted by molar-refractivity contribution is -0.121. The molecule has 0 spiro atoms. The molecule has 1 aliphatic rings. The molecule has 1 saturated heterocycles. The summed E-state index contributed by atoms with van der Waals surface area (Å²) < 4.78 is 0. The standard InChI is InChI=1S/C13H16Cl2N2O/c1-17-6-2-3-9(8-17)13(18)16-12-5-4-10(14)7-11(12)15/h4-5,7,9H,2-3,6,8H2,1H3,(H,16,18)/t9-/m1/s1. The highest BCUT2D eigenvalue weighted by atomic mass is 35.5. The van der Waals surface area contributed by atoms with Gasteiger partial charge in [0.25, 0.3) is 0 Å². The van der Waals surface area contributed by atoms with Crippen LogP contribution in [0.15, 0.2) is 18.2 Å². The van der Waals surface area contributed by atoms with Crippen molar-refractivity contribution in [3.05, 3.63) is 28.2 Å². The van der Waals surface area contributed by atoms with Crippen molar-refractivity contribution in [3.8, 4) is 0 Å². The Morgan fingerprint density at radius 1 is 1.44 bits per heavy atom. The SMILES string of the molecule is CN1CCC[C@@H](C(=O)Nc2ccc(Cl)cc2Cl)C1. The highest BCUT2D eigenvalue weighted by Gasteiger charge is 2.24. The molecule has 1 aromatic rings. The molecular weight excluding hydrogens is 271 g/mol. The predicted molar refractivity (Wildman–Crippen MR) is 75.3 cm³/mol. The van der Waals surface area contributed by atoms with Gasteiger partial charge in [-0.3, -0.25) is 4.79 Å². The van der Waals surface area contributed by atoms with Gasteiger partial charge in [-0.25, -0.2) is 0 Å². The molecule has 3 nitrogen and oxygen atoms in total. The summed E-state index contributed by atoms with van der Waals surface area (Å²) in [6, 6.07) is 5.08. The third-order valence-electron chi connectivity index (χ3n) is 3.18. The van der Waals surface area contributed by atoms with Gasteiger partial charge in [0.2, 0.25) is 5.91 Å². The first-order chi connectivity index (χ1) is 8.56. The number of amides is 1. The Morgan fingerprint density at radius 3 is 2.89 bits per heavy atom. The summed E-state index contributed by atoms with van der Waals surface area (Å²) in [4.78, 5) is 14.3. The zero-order valence-electron chi connectivity index (χ0n) is 10.2. The second kappa shape index (κ2) is 5.91. The van der Waals surface area contributed by atoms with Crippen molar-refractivity contribution >= 4 is 34.8 Å². The average molecular weight is 287 g/mol. The number of nitrogens with zero attached hydrogens (tertiary/aromatic N) is 1. The Labute approximate surface area is 117 Å². The maximum Gasteiger partial charge on any atom is 0.228 e. The summed E-state index contributed by atoms with van der Waals surface area (Å²) in [5.74, 6) is 0.0706. The van der Waals surface area contributed by atoms with Crippen LogP contribution in [0.2, 0.25) is 10.0 Å². The van der Waals surface area contributed by atoms with Crippen LogP contribution in [0.1, 0.15) is 12.8 Å². The maximum atomic E-state index is 12.1. The van der Waals surface area contributed by atoms with E-state index in [0.717, 1.165) is 25.9 Å². The van der Waals surface area contributed by atoms with Crippen LogP contribution in [-0.4, -0.2) is 30.9 Å². The van der Waals surface area contributed by atoms with Crippen molar-refractivity contribution in [3.63, 3.8) is 0 Å². The zero-order chi connectivity index (χ0) is 13.1. The van der Waals surface area contributed by atoms with Crippen molar-refractivity contribution in [2.24, 2.45) is 5.92 Å². The molecular formula is C13H16Cl2N2O. The second-order valence-electron chi connectivity index (χ2n) is 4.71. The average Bonchev–Trinajstić information content (AvgIpc) is 2.32. The molecule has 5 heteroatoms. The first-order valence-corrected chi connectivity index (χ1v) is 6.76. The molecule has 1 aromatic carbocycles. The lowest BCUT2D eigenvalue weighted by Gasteiger charge is -2.28. The van der Waals surface area contributed by atoms with Crippen LogP contribution >= 0.6 is 23.2 Å². The molecule has 1 amide bonds. The Hall–Kier alpha value is -0.770. The molecule has 1 aliphatic heterocycles. The monoisotopic (exact) mass is 286 g/mol. The summed E-state index contributed by atoms with van der Waals surface area (Å²) in [6.45, 7) is 1.86. The van der Waals surface area contributed by atoms with Gasteiger partial charge in [-0.15, -0.1) is 0 Å². The van der Waals surface area contributed by atoms with Crippen LogP contribution in [0.5, 0.6) is 0 Å². The number of piperidine rings is 1. The van der Waals surface area contributed by atoms with Crippen molar-refractivity contribution in [2.45, 2.75) is 12.8 Å². The van der Waals surface area contributed by atoms with E-state index in [0.29, 0.717) is 15.7 Å². The molecule has 0 saturated carbocycles. The number of hydrogen-bond donors (Lipinski definition) is 1. The molecule has 1 N–H and O–H groups in total. The minimum Gasteiger partial charge on any atom is -0.324 e. The van der Waals surface area contributed by atoms with E-state index in [9.17, 15) is 4.79 Å². The molecule has 0 radical (unpaired) electrons. The van der Waals surface area contributed by atoms with Gasteiger partial charge in [0.05, 0.1) is 16.6 Å². The number of benzene rings is 1. The summed E-state index contributed by atoms with van der Waals surface area (Å²) in [5, 5.41) is 3.91. The first-order valence-electron chi connectivity index (χ1n) is 6.00. The fraction of sp³-hybridized carbons (Fsp3) is 0.462. The molecule has 0 unspecified atom stereocenters. The normalized spacial score (nSPS) is 20.7. The van der Waals surface area contributed by atoms with Gasteiger partial charge in [0, 0.05) is 11.6 Å². The van der Waals surface area contributed by atoms with Crippen LogP contribution < -0.4 is 5.32 Å². The lowest BCUT2D eigenvalue weighted by atomic mass is 9.97. The van der Waals surface area contributed by atoms with Crippen molar-refractivity contribution < 1.29 is 4.79 Å². The number of carbonyl (C=O) groups excluding carboxylic acids is 1. The molecule has 0 bridgehead atoms. The number of likely N-dealkylation sites (tertiary alicyclic amines) is 1. The van der Waals surface area contributed by atoms with Gasteiger partial charge < -0.3 is 10.2 Å². The topological polar surface area (TPSA) is 32.3 Å². The first kappa shape index (κ1) is 13.7. The molecule has 1 heterocycles. The Bertz CT molecular complexity index is 451. The van der Waals surface area contributed by atoms with Gasteiger partial charge in [0.1, 0.15) is 0 Å². The number of nitrogens with one attached hydrogen (secondary N) is 1. The van der Waals surface area contributed by atoms with E-state index in [2.05, 4.69) is 10.2 Å². The summed E-state index contributed by atoms with van der Waals surface area (Å²) in [6.07, 6.45) is 1.99. The molecule has 18 heavy (non-hydrogen) atoms. The minimum atomic E-state index is 0.0331. The molecule has 98 valence electrons. The lowest BCUT2D eigenvalue weighted by Crippen LogP contribution is -2.38. The molecule has 0 aliphatic carbocycles. The highest BCUT2D eigenvalue weighted by molar-refractivity contribution is 6.36. The van der Waals surface area contributed by atoms with Crippen LogP contribution in [0.25, 0.3) is 0 Å². The Morgan fingerprint density at radius 2 is 2.22 bits per heavy atom. The Balaban J connectivity index is 2.02. The van der Waals surface area contributed by atoms with E-state index in [1.807, 2.05) is 7.05 Å². The van der Waals surface area contributed by atoms with E-state index < -0.39 is 0 Å². The van der Waals surface area contributed by atoms with Gasteiger partial charge in [-0.05, 0) is 44.6 Å². The van der Waals surface area contributed by atoms with E-state index in [-0.39, 0.29) is 11.8 Å². The van der Waals surface area contributed by atoms with E-state index >= 15 is 0 Å². The van der Waals surface area contributed by atoms with Crippen molar-refractivity contribution in [1.82, 2.24) is 4.90 Å². The van der Waals surface area contributed by atoms with Crippen LogP contribution in [0.4, 0.5) is 5.69 Å². The fourth-order valence-corrected chi connectivity index (χ4v) is 2.66. The van der Waals surface area contributed by atoms with Gasteiger partial charge >= 0.3 is 0 Å². The third-order valence-corrected chi connectivity index (χ3v) is 3.73. The zero-order valence-corrected chi connectivity index (χ0v) is 11.8. The molecule has 2 rings (SSSR count). The van der Waals surface area contributed by atoms with Crippen LogP contribution in [0.3, 0.4) is 0 Å². The summed E-state index contributed by atoms with van der Waals surface area (Å²) in [5.41, 5.74) is 0.624. The molecule has 0 aromatic heterocycles. The largest absolute Gasteiger partial charge is 0.324 e. The smallest absolute Gasteiger partial charge is 0.228 e. The van der Waals surface area contributed by atoms with Crippen LogP contribution in [-0.2, 0) is 4.79 Å². The third kappa shape index (κ3) is 3.37.